The van der Waals surface area contributed by atoms with Crippen LogP contribution >= 0.6 is 0 Å². The molecule has 2 aliphatic rings. The van der Waals surface area contributed by atoms with E-state index in [1.54, 1.807) is 6.08 Å². The topological polar surface area (TPSA) is 41.0 Å². The van der Waals surface area contributed by atoms with Crippen molar-refractivity contribution in [1.82, 2.24) is 9.97 Å². The van der Waals surface area contributed by atoms with Crippen molar-refractivity contribution in [3.8, 4) is 0 Å². The highest BCUT2D eigenvalue weighted by Crippen LogP contribution is 2.40. The molecule has 4 rings (SSSR count). The number of nitrogens with zero attached hydrogens (tertiary/aromatic N) is 2. The third-order valence-corrected chi connectivity index (χ3v) is 4.27. The van der Waals surface area contributed by atoms with E-state index in [1.165, 1.54) is 0 Å². The summed E-state index contributed by atoms with van der Waals surface area (Å²) >= 11 is 0. The fraction of sp³-hybridized carbons (Fsp3) is 0.375. The number of rotatable bonds is 2. The summed E-state index contributed by atoms with van der Waals surface area (Å²) in [5, 5.41) is 0. The molecule has 0 saturated heterocycles. The Morgan fingerprint density at radius 2 is 1.72 bits per heavy atom. The average Bonchev–Trinajstić information content (AvgIpc) is 3.08. The van der Waals surface area contributed by atoms with E-state index in [4.69, 9.17) is 0 Å². The standard InChI is InChI=1S/C16H11F6N3/c17-15(18,19)9-4-10(16(20,21)22)13-12(5-9)24-14(25-13)8-3-11(23-6-8)7-1-2-7/h3-5,7H,1-2,6H2,(H,24,25). The zero-order chi connectivity index (χ0) is 18.0. The predicted molar refractivity (Wildman–Crippen MR) is 79.1 cm³/mol. The van der Waals surface area contributed by atoms with Gasteiger partial charge in [-0.25, -0.2) is 4.98 Å². The van der Waals surface area contributed by atoms with Crippen molar-refractivity contribution in [3.05, 3.63) is 35.2 Å². The maximum atomic E-state index is 13.2. The molecule has 1 aliphatic heterocycles. The average molecular weight is 359 g/mol. The summed E-state index contributed by atoms with van der Waals surface area (Å²) in [5.74, 6) is 0.503. The number of fused-ring (bicyclic) bond motifs is 1. The lowest BCUT2D eigenvalue weighted by Crippen LogP contribution is -2.11. The molecule has 2 aromatic rings. The van der Waals surface area contributed by atoms with Crippen LogP contribution in [0.1, 0.15) is 29.8 Å². The quantitative estimate of drug-likeness (QED) is 0.766. The summed E-state index contributed by atoms with van der Waals surface area (Å²) in [6.07, 6.45) is -6.01. The van der Waals surface area contributed by atoms with Crippen LogP contribution in [0.4, 0.5) is 26.3 Å². The van der Waals surface area contributed by atoms with Crippen LogP contribution in [0.2, 0.25) is 0 Å². The number of aromatic amines is 1. The van der Waals surface area contributed by atoms with Crippen LogP contribution in [0.3, 0.4) is 0 Å². The van der Waals surface area contributed by atoms with E-state index in [0.29, 0.717) is 17.6 Å². The molecule has 0 amide bonds. The molecule has 1 aromatic carbocycles. The van der Waals surface area contributed by atoms with Crippen molar-refractivity contribution in [2.24, 2.45) is 10.9 Å². The Balaban J connectivity index is 1.83. The molecule has 1 N–H and O–H groups in total. The van der Waals surface area contributed by atoms with Gasteiger partial charge in [-0.3, -0.25) is 4.99 Å². The molecule has 25 heavy (non-hydrogen) atoms. The summed E-state index contributed by atoms with van der Waals surface area (Å²) in [6, 6.07) is 0.751. The number of aromatic nitrogens is 2. The highest BCUT2D eigenvalue weighted by atomic mass is 19.4. The van der Waals surface area contributed by atoms with Crippen LogP contribution in [0.5, 0.6) is 0 Å². The smallest absolute Gasteiger partial charge is 0.338 e. The molecule has 3 nitrogen and oxygen atoms in total. The lowest BCUT2D eigenvalue weighted by Gasteiger charge is -2.11. The highest BCUT2D eigenvalue weighted by molar-refractivity contribution is 6.06. The van der Waals surface area contributed by atoms with Gasteiger partial charge in [0.15, 0.2) is 0 Å². The highest BCUT2D eigenvalue weighted by Gasteiger charge is 2.39. The molecule has 1 aliphatic carbocycles. The number of alkyl halides is 6. The van der Waals surface area contributed by atoms with Gasteiger partial charge in [0.05, 0.1) is 23.2 Å². The Morgan fingerprint density at radius 3 is 2.32 bits per heavy atom. The summed E-state index contributed by atoms with van der Waals surface area (Å²) in [4.78, 5) is 10.8. The van der Waals surface area contributed by atoms with Gasteiger partial charge in [0, 0.05) is 17.2 Å². The molecular formula is C16H11F6N3. The van der Waals surface area contributed by atoms with Crippen LogP contribution in [-0.4, -0.2) is 22.2 Å². The van der Waals surface area contributed by atoms with Gasteiger partial charge in [-0.1, -0.05) is 0 Å². The number of allylic oxidation sites excluding steroid dienone is 1. The minimum Gasteiger partial charge on any atom is -0.338 e. The third kappa shape index (κ3) is 2.91. The molecule has 132 valence electrons. The molecule has 1 saturated carbocycles. The largest absolute Gasteiger partial charge is 0.418 e. The van der Waals surface area contributed by atoms with Gasteiger partial charge in [-0.2, -0.15) is 26.3 Å². The summed E-state index contributed by atoms with van der Waals surface area (Å²) in [7, 11) is 0. The number of imidazole rings is 1. The van der Waals surface area contributed by atoms with Crippen LogP contribution in [0, 0.1) is 5.92 Å². The van der Waals surface area contributed by atoms with Crippen LogP contribution in [0.25, 0.3) is 16.6 Å². The van der Waals surface area contributed by atoms with Gasteiger partial charge in [0.1, 0.15) is 11.3 Å². The zero-order valence-electron chi connectivity index (χ0n) is 12.6. The fourth-order valence-corrected chi connectivity index (χ4v) is 2.86. The SMILES string of the molecule is FC(F)(F)c1cc(C(F)(F)F)c2nc(C3=CC(C4CC4)=NC3)[nH]c2c1. The molecule has 9 heteroatoms. The molecule has 0 radical (unpaired) electrons. The molecule has 0 spiro atoms. The summed E-state index contributed by atoms with van der Waals surface area (Å²) in [6.45, 7) is 0.263. The molecule has 0 unspecified atom stereocenters. The molecular weight excluding hydrogens is 348 g/mol. The second kappa shape index (κ2) is 5.09. The van der Waals surface area contributed by atoms with E-state index >= 15 is 0 Å². The van der Waals surface area contributed by atoms with Crippen molar-refractivity contribution in [1.29, 1.82) is 0 Å². The number of hydrogen-bond acceptors (Lipinski definition) is 2. The Labute approximate surface area is 137 Å². The van der Waals surface area contributed by atoms with E-state index in [1.807, 2.05) is 0 Å². The van der Waals surface area contributed by atoms with Gasteiger partial charge in [-0.15, -0.1) is 0 Å². The molecule has 0 atom stereocenters. The Morgan fingerprint density at radius 1 is 1.00 bits per heavy atom. The fourth-order valence-electron chi connectivity index (χ4n) is 2.86. The first-order valence-electron chi connectivity index (χ1n) is 7.56. The van der Waals surface area contributed by atoms with E-state index in [0.717, 1.165) is 18.6 Å². The third-order valence-electron chi connectivity index (χ3n) is 4.27. The second-order valence-electron chi connectivity index (χ2n) is 6.19. The predicted octanol–water partition coefficient (Wildman–Crippen LogP) is 4.85. The number of nitrogens with one attached hydrogen (secondary N) is 1. The maximum Gasteiger partial charge on any atom is 0.418 e. The van der Waals surface area contributed by atoms with Gasteiger partial charge in [0.2, 0.25) is 0 Å². The van der Waals surface area contributed by atoms with E-state index in [-0.39, 0.29) is 24.0 Å². The van der Waals surface area contributed by atoms with E-state index in [9.17, 15) is 26.3 Å². The number of aliphatic imine (C=N–C) groups is 1. The van der Waals surface area contributed by atoms with Crippen molar-refractivity contribution in [2.75, 3.05) is 6.54 Å². The van der Waals surface area contributed by atoms with E-state index in [2.05, 4.69) is 15.0 Å². The van der Waals surface area contributed by atoms with Crippen molar-refractivity contribution >= 4 is 22.3 Å². The molecule has 1 aromatic heterocycles. The van der Waals surface area contributed by atoms with Gasteiger partial charge in [0.25, 0.3) is 0 Å². The number of hydrogen-bond donors (Lipinski definition) is 1. The van der Waals surface area contributed by atoms with Crippen molar-refractivity contribution < 1.29 is 26.3 Å². The summed E-state index contributed by atoms with van der Waals surface area (Å²) < 4.78 is 78.3. The molecule has 0 bridgehead atoms. The first kappa shape index (κ1) is 16.2. The van der Waals surface area contributed by atoms with Gasteiger partial charge >= 0.3 is 12.4 Å². The maximum absolute atomic E-state index is 13.2. The first-order chi connectivity index (χ1) is 11.6. The minimum atomic E-state index is -4.94. The Kier molecular flexibility index (Phi) is 3.29. The number of benzene rings is 1. The van der Waals surface area contributed by atoms with Crippen LogP contribution < -0.4 is 0 Å². The Bertz CT molecular complexity index is 912. The number of H-pyrrole nitrogens is 1. The van der Waals surface area contributed by atoms with Gasteiger partial charge < -0.3 is 4.98 Å². The lowest BCUT2D eigenvalue weighted by molar-refractivity contribution is -0.142. The molecule has 1 fully saturated rings. The van der Waals surface area contributed by atoms with Crippen molar-refractivity contribution in [2.45, 2.75) is 25.2 Å². The van der Waals surface area contributed by atoms with Crippen molar-refractivity contribution in [3.63, 3.8) is 0 Å². The van der Waals surface area contributed by atoms with E-state index < -0.39 is 29.0 Å². The zero-order valence-corrected chi connectivity index (χ0v) is 12.6. The Hall–Kier alpha value is -2.32. The van der Waals surface area contributed by atoms with Crippen LogP contribution in [0.15, 0.2) is 23.2 Å². The lowest BCUT2D eigenvalue weighted by atomic mass is 10.1. The number of halogens is 6. The second-order valence-corrected chi connectivity index (χ2v) is 6.19. The normalized spacial score (nSPS) is 18.6. The van der Waals surface area contributed by atoms with Crippen LogP contribution in [-0.2, 0) is 12.4 Å². The molecule has 2 heterocycles. The summed E-state index contributed by atoms with van der Waals surface area (Å²) in [5.41, 5.74) is -2.11. The van der Waals surface area contributed by atoms with Gasteiger partial charge in [-0.05, 0) is 31.1 Å². The monoisotopic (exact) mass is 359 g/mol. The minimum absolute atomic E-state index is 0.0993. The first-order valence-corrected chi connectivity index (χ1v) is 7.56.